The molecule has 0 aromatic carbocycles. The SMILES string of the molecule is Brc1csc(Sc2nncs2)n1. The molecule has 0 atom stereocenters. The van der Waals surface area contributed by atoms with Gasteiger partial charge in [0, 0.05) is 5.38 Å². The Morgan fingerprint density at radius 1 is 1.33 bits per heavy atom. The van der Waals surface area contributed by atoms with Gasteiger partial charge in [0.25, 0.3) is 0 Å². The Morgan fingerprint density at radius 3 is 2.83 bits per heavy atom. The number of rotatable bonds is 2. The zero-order chi connectivity index (χ0) is 8.39. The molecule has 0 aliphatic rings. The van der Waals surface area contributed by atoms with E-state index in [9.17, 15) is 0 Å². The molecule has 3 nitrogen and oxygen atoms in total. The van der Waals surface area contributed by atoms with Gasteiger partial charge in [0.15, 0.2) is 8.68 Å². The maximum atomic E-state index is 4.22. The Hall–Kier alpha value is 0.0200. The van der Waals surface area contributed by atoms with E-state index in [1.165, 1.54) is 23.1 Å². The van der Waals surface area contributed by atoms with Gasteiger partial charge in [-0.25, -0.2) is 4.98 Å². The fourth-order valence-electron chi connectivity index (χ4n) is 0.568. The monoisotopic (exact) mass is 279 g/mol. The van der Waals surface area contributed by atoms with Crippen LogP contribution >= 0.6 is 50.4 Å². The molecule has 0 amide bonds. The van der Waals surface area contributed by atoms with E-state index in [-0.39, 0.29) is 0 Å². The largest absolute Gasteiger partial charge is 0.222 e. The summed E-state index contributed by atoms with van der Waals surface area (Å²) in [4.78, 5) is 4.22. The molecule has 0 aliphatic heterocycles. The van der Waals surface area contributed by atoms with Crippen LogP contribution in [0.25, 0.3) is 0 Å². The van der Waals surface area contributed by atoms with Crippen LogP contribution in [0, 0.1) is 0 Å². The average molecular weight is 280 g/mol. The van der Waals surface area contributed by atoms with Crippen LogP contribution in [0.15, 0.2) is 24.2 Å². The minimum Gasteiger partial charge on any atom is -0.222 e. The van der Waals surface area contributed by atoms with Crippen molar-refractivity contribution >= 4 is 50.4 Å². The summed E-state index contributed by atoms with van der Waals surface area (Å²) in [5.74, 6) is 0. The minimum absolute atomic E-state index is 0.875. The van der Waals surface area contributed by atoms with Gasteiger partial charge in [0.1, 0.15) is 10.1 Å². The molecule has 2 rings (SSSR count). The van der Waals surface area contributed by atoms with Crippen molar-refractivity contribution in [2.24, 2.45) is 0 Å². The number of hydrogen-bond acceptors (Lipinski definition) is 6. The molecule has 0 bridgehead atoms. The summed E-state index contributed by atoms with van der Waals surface area (Å²) in [5.41, 5.74) is 1.71. The van der Waals surface area contributed by atoms with Crippen LogP contribution in [0.1, 0.15) is 0 Å². The van der Waals surface area contributed by atoms with Crippen LogP contribution < -0.4 is 0 Å². The molecule has 0 aliphatic carbocycles. The van der Waals surface area contributed by atoms with Crippen LogP contribution in [-0.4, -0.2) is 15.2 Å². The summed E-state index contributed by atoms with van der Waals surface area (Å²) in [6.45, 7) is 0. The molecule has 0 saturated carbocycles. The molecular weight excluding hydrogens is 278 g/mol. The second-order valence-corrected chi connectivity index (χ2v) is 5.74. The van der Waals surface area contributed by atoms with Crippen LogP contribution in [0.2, 0.25) is 0 Å². The molecule has 0 N–H and O–H groups in total. The zero-order valence-corrected chi connectivity index (χ0v) is 9.63. The van der Waals surface area contributed by atoms with Gasteiger partial charge in [0.05, 0.1) is 0 Å². The molecule has 2 aromatic rings. The smallest absolute Gasteiger partial charge is 0.181 e. The van der Waals surface area contributed by atoms with Crippen molar-refractivity contribution in [1.29, 1.82) is 0 Å². The van der Waals surface area contributed by atoms with Crippen molar-refractivity contribution in [2.75, 3.05) is 0 Å². The first-order valence-electron chi connectivity index (χ1n) is 2.89. The Morgan fingerprint density at radius 2 is 2.25 bits per heavy atom. The lowest BCUT2D eigenvalue weighted by atomic mass is 11.0. The molecule has 0 saturated heterocycles. The standard InChI is InChI=1S/C5H2BrN3S3/c6-3-1-10-4(8-3)12-5-9-7-2-11-5/h1-2H. The van der Waals surface area contributed by atoms with Crippen molar-refractivity contribution in [2.45, 2.75) is 8.68 Å². The van der Waals surface area contributed by atoms with E-state index in [0.717, 1.165) is 13.3 Å². The Bertz CT molecular complexity index is 358. The summed E-state index contributed by atoms with van der Waals surface area (Å²) in [5, 5.41) is 9.59. The normalized spacial score (nSPS) is 10.4. The van der Waals surface area contributed by atoms with Gasteiger partial charge in [-0.1, -0.05) is 11.3 Å². The predicted molar refractivity (Wildman–Crippen MR) is 53.8 cm³/mol. The van der Waals surface area contributed by atoms with E-state index in [2.05, 4.69) is 31.1 Å². The molecule has 0 fully saturated rings. The summed E-state index contributed by atoms with van der Waals surface area (Å²) >= 11 is 7.94. The van der Waals surface area contributed by atoms with Crippen LogP contribution in [0.4, 0.5) is 0 Å². The first-order valence-corrected chi connectivity index (χ1v) is 6.26. The average Bonchev–Trinajstić information content (AvgIpc) is 2.63. The maximum absolute atomic E-state index is 4.22. The Kier molecular flexibility index (Phi) is 2.74. The highest BCUT2D eigenvalue weighted by molar-refractivity contribution is 9.10. The molecule has 0 unspecified atom stereocenters. The zero-order valence-electron chi connectivity index (χ0n) is 5.60. The van der Waals surface area contributed by atoms with Crippen molar-refractivity contribution in [3.05, 3.63) is 15.5 Å². The Balaban J connectivity index is 2.14. The Labute approximate surface area is 89.4 Å². The van der Waals surface area contributed by atoms with Gasteiger partial charge >= 0.3 is 0 Å². The number of aromatic nitrogens is 3. The molecule has 2 heterocycles. The predicted octanol–water partition coefficient (Wildman–Crippen LogP) is 2.91. The van der Waals surface area contributed by atoms with E-state index < -0.39 is 0 Å². The fourth-order valence-corrected chi connectivity index (χ4v) is 3.61. The molecule has 12 heavy (non-hydrogen) atoms. The van der Waals surface area contributed by atoms with E-state index in [1.54, 1.807) is 16.8 Å². The van der Waals surface area contributed by atoms with E-state index in [1.807, 2.05) is 5.38 Å². The molecule has 0 spiro atoms. The third kappa shape index (κ3) is 2.03. The van der Waals surface area contributed by atoms with Crippen molar-refractivity contribution in [1.82, 2.24) is 15.2 Å². The van der Waals surface area contributed by atoms with E-state index in [4.69, 9.17) is 0 Å². The van der Waals surface area contributed by atoms with Crippen LogP contribution in [0.5, 0.6) is 0 Å². The fraction of sp³-hybridized carbons (Fsp3) is 0. The number of halogens is 1. The van der Waals surface area contributed by atoms with Gasteiger partial charge in [-0.2, -0.15) is 0 Å². The number of thiazole rings is 1. The summed E-state index contributed by atoms with van der Waals surface area (Å²) in [7, 11) is 0. The lowest BCUT2D eigenvalue weighted by molar-refractivity contribution is 1.01. The number of hydrogen-bond donors (Lipinski definition) is 0. The lowest BCUT2D eigenvalue weighted by Crippen LogP contribution is -1.70. The third-order valence-electron chi connectivity index (χ3n) is 0.970. The van der Waals surface area contributed by atoms with Crippen LogP contribution in [-0.2, 0) is 0 Å². The van der Waals surface area contributed by atoms with Gasteiger partial charge in [0.2, 0.25) is 0 Å². The van der Waals surface area contributed by atoms with Crippen molar-refractivity contribution in [3.8, 4) is 0 Å². The lowest BCUT2D eigenvalue weighted by Gasteiger charge is -1.85. The second kappa shape index (κ2) is 3.82. The molecule has 7 heteroatoms. The summed E-state index contributed by atoms with van der Waals surface area (Å²) in [6, 6.07) is 0. The molecule has 62 valence electrons. The molecule has 0 radical (unpaired) electrons. The van der Waals surface area contributed by atoms with Crippen molar-refractivity contribution < 1.29 is 0 Å². The third-order valence-corrected chi connectivity index (χ3v) is 4.40. The first kappa shape index (κ1) is 8.61. The van der Waals surface area contributed by atoms with E-state index in [0.29, 0.717) is 0 Å². The molecule has 2 aromatic heterocycles. The highest BCUT2D eigenvalue weighted by Crippen LogP contribution is 2.31. The second-order valence-electron chi connectivity index (χ2n) is 1.74. The first-order chi connectivity index (χ1) is 5.84. The van der Waals surface area contributed by atoms with Crippen LogP contribution in [0.3, 0.4) is 0 Å². The quantitative estimate of drug-likeness (QED) is 0.847. The van der Waals surface area contributed by atoms with Gasteiger partial charge in [-0.15, -0.1) is 21.5 Å². The van der Waals surface area contributed by atoms with Gasteiger partial charge in [-0.05, 0) is 27.7 Å². The van der Waals surface area contributed by atoms with E-state index >= 15 is 0 Å². The molecular formula is C5H2BrN3S3. The highest BCUT2D eigenvalue weighted by atomic mass is 79.9. The van der Waals surface area contributed by atoms with Gasteiger partial charge in [-0.3, -0.25) is 0 Å². The van der Waals surface area contributed by atoms with Crippen molar-refractivity contribution in [3.63, 3.8) is 0 Å². The summed E-state index contributed by atoms with van der Waals surface area (Å²) in [6.07, 6.45) is 0. The topological polar surface area (TPSA) is 38.7 Å². The summed E-state index contributed by atoms with van der Waals surface area (Å²) < 4.78 is 2.79. The maximum Gasteiger partial charge on any atom is 0.181 e. The van der Waals surface area contributed by atoms with Gasteiger partial charge < -0.3 is 0 Å². The number of nitrogens with zero attached hydrogens (tertiary/aromatic N) is 3. The highest BCUT2D eigenvalue weighted by Gasteiger charge is 2.04. The minimum atomic E-state index is 0.875.